The zero-order chi connectivity index (χ0) is 14.1. The van der Waals surface area contributed by atoms with Crippen molar-refractivity contribution in [2.45, 2.75) is 32.7 Å². The van der Waals surface area contributed by atoms with Crippen molar-refractivity contribution >= 4 is 0 Å². The van der Waals surface area contributed by atoms with Crippen LogP contribution in [0.25, 0.3) is 5.69 Å². The molecule has 0 spiro atoms. The molecule has 1 aromatic carbocycles. The Kier molecular flexibility index (Phi) is 3.53. The molecule has 0 fully saturated rings. The van der Waals surface area contributed by atoms with Gasteiger partial charge in [0, 0.05) is 31.6 Å². The summed E-state index contributed by atoms with van der Waals surface area (Å²) in [6.07, 6.45) is 2.33. The van der Waals surface area contributed by atoms with E-state index in [0.717, 1.165) is 36.6 Å². The van der Waals surface area contributed by atoms with E-state index in [0.29, 0.717) is 13.0 Å². The molecule has 2 aromatic rings. The molecule has 3 nitrogen and oxygen atoms in total. The highest BCUT2D eigenvalue weighted by atomic mass is 19.1. The van der Waals surface area contributed by atoms with Gasteiger partial charge in [-0.15, -0.1) is 0 Å². The summed E-state index contributed by atoms with van der Waals surface area (Å²) in [7, 11) is 0. The number of aryl methyl sites for hydroxylation is 1. The Morgan fingerprint density at radius 2 is 2.05 bits per heavy atom. The molecule has 0 atom stereocenters. The molecule has 0 bridgehead atoms. The van der Waals surface area contributed by atoms with Crippen LogP contribution in [0.2, 0.25) is 0 Å². The molecule has 0 saturated carbocycles. The maximum absolute atomic E-state index is 14.1. The second kappa shape index (κ2) is 5.32. The second-order valence-corrected chi connectivity index (χ2v) is 5.00. The van der Waals surface area contributed by atoms with E-state index in [-0.39, 0.29) is 5.69 Å². The van der Waals surface area contributed by atoms with Gasteiger partial charge in [-0.1, -0.05) is 13.0 Å². The van der Waals surface area contributed by atoms with Gasteiger partial charge in [-0.05, 0) is 18.6 Å². The molecule has 20 heavy (non-hydrogen) atoms. The van der Waals surface area contributed by atoms with E-state index in [1.54, 1.807) is 4.57 Å². The number of nitrogens with zero attached hydrogens (tertiary/aromatic N) is 2. The van der Waals surface area contributed by atoms with Crippen molar-refractivity contribution in [2.75, 3.05) is 6.54 Å². The molecular weight excluding hydrogens is 260 g/mol. The van der Waals surface area contributed by atoms with Crippen LogP contribution in [0, 0.1) is 11.6 Å². The number of halogens is 2. The van der Waals surface area contributed by atoms with Gasteiger partial charge in [-0.3, -0.25) is 4.57 Å². The largest absolute Gasteiger partial charge is 0.311 e. The average Bonchev–Trinajstić information content (AvgIpc) is 2.78. The summed E-state index contributed by atoms with van der Waals surface area (Å²) in [5.41, 5.74) is 1.84. The summed E-state index contributed by atoms with van der Waals surface area (Å²) < 4.78 is 29.9. The third-order valence-electron chi connectivity index (χ3n) is 3.59. The molecular formula is C15H17F2N3. The average molecular weight is 277 g/mol. The van der Waals surface area contributed by atoms with Crippen LogP contribution in [0.5, 0.6) is 0 Å². The Morgan fingerprint density at radius 3 is 2.75 bits per heavy atom. The van der Waals surface area contributed by atoms with Gasteiger partial charge < -0.3 is 5.32 Å². The number of benzene rings is 1. The number of hydrogen-bond donors (Lipinski definition) is 1. The molecule has 0 saturated heterocycles. The van der Waals surface area contributed by atoms with E-state index < -0.39 is 11.6 Å². The van der Waals surface area contributed by atoms with Crippen molar-refractivity contribution < 1.29 is 8.78 Å². The minimum Gasteiger partial charge on any atom is -0.311 e. The molecule has 0 amide bonds. The van der Waals surface area contributed by atoms with Crippen LogP contribution >= 0.6 is 0 Å². The van der Waals surface area contributed by atoms with Crippen LogP contribution in [0.1, 0.15) is 30.6 Å². The Morgan fingerprint density at radius 1 is 1.30 bits per heavy atom. The summed E-state index contributed by atoms with van der Waals surface area (Å²) in [5, 5.41) is 3.24. The lowest BCUT2D eigenvalue weighted by Crippen LogP contribution is -2.25. The predicted octanol–water partition coefficient (Wildman–Crippen LogP) is 2.75. The van der Waals surface area contributed by atoms with Gasteiger partial charge in [0.1, 0.15) is 23.1 Å². The Bertz CT molecular complexity index is 614. The van der Waals surface area contributed by atoms with Crippen molar-refractivity contribution in [2.24, 2.45) is 0 Å². The highest BCUT2D eigenvalue weighted by Gasteiger charge is 2.23. The van der Waals surface area contributed by atoms with Gasteiger partial charge in [0.15, 0.2) is 0 Å². The van der Waals surface area contributed by atoms with Crippen molar-refractivity contribution in [3.05, 3.63) is 47.0 Å². The van der Waals surface area contributed by atoms with Gasteiger partial charge in [0.2, 0.25) is 0 Å². The van der Waals surface area contributed by atoms with Crippen molar-refractivity contribution in [3.8, 4) is 5.69 Å². The number of hydrogen-bond acceptors (Lipinski definition) is 2. The summed E-state index contributed by atoms with van der Waals surface area (Å²) in [6, 6.07) is 3.97. The third kappa shape index (κ3) is 2.12. The van der Waals surface area contributed by atoms with E-state index in [1.165, 1.54) is 18.2 Å². The molecule has 3 rings (SSSR count). The summed E-state index contributed by atoms with van der Waals surface area (Å²) in [4.78, 5) is 4.57. The maximum atomic E-state index is 14.1. The first-order valence-electron chi connectivity index (χ1n) is 6.96. The lowest BCUT2D eigenvalue weighted by atomic mass is 10.1. The van der Waals surface area contributed by atoms with Crippen LogP contribution in [0.3, 0.4) is 0 Å². The second-order valence-electron chi connectivity index (χ2n) is 5.00. The third-order valence-corrected chi connectivity index (χ3v) is 3.59. The molecule has 0 radical (unpaired) electrons. The minimum absolute atomic E-state index is 0.00611. The monoisotopic (exact) mass is 277 g/mol. The Labute approximate surface area is 116 Å². The molecule has 1 aliphatic rings. The SMILES string of the molecule is CCCc1nc2c(n1-c1c(F)cccc1F)CCNC2. The van der Waals surface area contributed by atoms with Gasteiger partial charge in [-0.25, -0.2) is 13.8 Å². The highest BCUT2D eigenvalue weighted by Crippen LogP contribution is 2.26. The summed E-state index contributed by atoms with van der Waals surface area (Å²) >= 11 is 0. The standard InChI is InChI=1S/C15H17F2N3/c1-2-4-14-19-12-9-18-8-7-13(12)20(14)15-10(16)5-3-6-11(15)17/h3,5-6,18H,2,4,7-9H2,1H3. The van der Waals surface area contributed by atoms with Crippen molar-refractivity contribution in [1.82, 2.24) is 14.9 Å². The van der Waals surface area contributed by atoms with Crippen LogP contribution < -0.4 is 5.32 Å². The molecule has 1 N–H and O–H groups in total. The first-order valence-corrected chi connectivity index (χ1v) is 6.96. The fourth-order valence-corrected chi connectivity index (χ4v) is 2.72. The van der Waals surface area contributed by atoms with Crippen LogP contribution in [-0.2, 0) is 19.4 Å². The van der Waals surface area contributed by atoms with Crippen molar-refractivity contribution in [1.29, 1.82) is 0 Å². The number of fused-ring (bicyclic) bond motifs is 1. The van der Waals surface area contributed by atoms with E-state index in [2.05, 4.69) is 10.3 Å². The lowest BCUT2D eigenvalue weighted by Gasteiger charge is -2.17. The van der Waals surface area contributed by atoms with Gasteiger partial charge in [0.25, 0.3) is 0 Å². The molecule has 0 unspecified atom stereocenters. The van der Waals surface area contributed by atoms with Crippen LogP contribution in [-0.4, -0.2) is 16.1 Å². The van der Waals surface area contributed by atoms with Crippen LogP contribution in [0.15, 0.2) is 18.2 Å². The first kappa shape index (κ1) is 13.2. The van der Waals surface area contributed by atoms with E-state index in [4.69, 9.17) is 0 Å². The van der Waals surface area contributed by atoms with Gasteiger partial charge in [-0.2, -0.15) is 0 Å². The highest BCUT2D eigenvalue weighted by molar-refractivity contribution is 5.41. The first-order chi connectivity index (χ1) is 9.72. The normalized spacial score (nSPS) is 14.3. The fraction of sp³-hybridized carbons (Fsp3) is 0.400. The number of imidazole rings is 1. The minimum atomic E-state index is -0.541. The predicted molar refractivity (Wildman–Crippen MR) is 72.9 cm³/mol. The van der Waals surface area contributed by atoms with Crippen molar-refractivity contribution in [3.63, 3.8) is 0 Å². The van der Waals surface area contributed by atoms with E-state index in [1.807, 2.05) is 6.92 Å². The number of para-hydroxylation sites is 1. The molecule has 106 valence electrons. The summed E-state index contributed by atoms with van der Waals surface area (Å²) in [6.45, 7) is 3.50. The molecule has 1 aliphatic heterocycles. The molecule has 1 aromatic heterocycles. The maximum Gasteiger partial charge on any atom is 0.150 e. The van der Waals surface area contributed by atoms with E-state index >= 15 is 0 Å². The van der Waals surface area contributed by atoms with Gasteiger partial charge in [0.05, 0.1) is 5.69 Å². The number of rotatable bonds is 3. The molecule has 2 heterocycles. The molecule has 5 heteroatoms. The topological polar surface area (TPSA) is 29.9 Å². The zero-order valence-corrected chi connectivity index (χ0v) is 11.4. The Hall–Kier alpha value is -1.75. The smallest absolute Gasteiger partial charge is 0.150 e. The number of nitrogens with one attached hydrogen (secondary N) is 1. The molecule has 0 aliphatic carbocycles. The lowest BCUT2D eigenvalue weighted by molar-refractivity contribution is 0.556. The fourth-order valence-electron chi connectivity index (χ4n) is 2.72. The van der Waals surface area contributed by atoms with Crippen LogP contribution in [0.4, 0.5) is 8.78 Å². The zero-order valence-electron chi connectivity index (χ0n) is 11.4. The Balaban J connectivity index is 2.23. The summed E-state index contributed by atoms with van der Waals surface area (Å²) in [5.74, 6) is -0.340. The number of aromatic nitrogens is 2. The van der Waals surface area contributed by atoms with Gasteiger partial charge >= 0.3 is 0 Å². The quantitative estimate of drug-likeness (QED) is 0.935. The van der Waals surface area contributed by atoms with E-state index in [9.17, 15) is 8.78 Å².